The van der Waals surface area contributed by atoms with Crippen molar-refractivity contribution < 1.29 is 22.7 Å². The van der Waals surface area contributed by atoms with Gasteiger partial charge in [0.15, 0.2) is 0 Å². The zero-order valence-electron chi connectivity index (χ0n) is 21.7. The molecule has 3 aromatic carbocycles. The molecular weight excluding hydrogens is 504 g/mol. The van der Waals surface area contributed by atoms with Crippen molar-refractivity contribution in [3.8, 4) is 0 Å². The van der Waals surface area contributed by atoms with E-state index in [1.165, 1.54) is 0 Å². The van der Waals surface area contributed by atoms with E-state index in [-0.39, 0.29) is 12.5 Å². The number of nitrogens with one attached hydrogen (secondary N) is 2. The zero-order valence-corrected chi connectivity index (χ0v) is 22.5. The molecule has 38 heavy (non-hydrogen) atoms. The van der Waals surface area contributed by atoms with Gasteiger partial charge in [-0.3, -0.25) is 14.5 Å². The van der Waals surface area contributed by atoms with Crippen molar-refractivity contribution in [3.63, 3.8) is 0 Å². The van der Waals surface area contributed by atoms with Crippen molar-refractivity contribution in [3.05, 3.63) is 89.0 Å². The van der Waals surface area contributed by atoms with Gasteiger partial charge >= 0.3 is 5.97 Å². The van der Waals surface area contributed by atoms with Crippen LogP contribution in [0.3, 0.4) is 0 Å². The van der Waals surface area contributed by atoms with Crippen LogP contribution >= 0.6 is 0 Å². The Balaban J connectivity index is 1.82. The van der Waals surface area contributed by atoms with Gasteiger partial charge in [0.05, 0.1) is 35.5 Å². The van der Waals surface area contributed by atoms with E-state index in [1.807, 2.05) is 55.4 Å². The van der Waals surface area contributed by atoms with Gasteiger partial charge in [0, 0.05) is 12.2 Å². The monoisotopic (exact) mass is 534 g/mol. The maximum absolute atomic E-state index is 13.3. The highest BCUT2D eigenvalue weighted by molar-refractivity contribution is 7.92. The van der Waals surface area contributed by atoms with Gasteiger partial charge in [-0.15, -0.1) is 0 Å². The molecule has 0 radical (unpaired) electrons. The van der Waals surface area contributed by atoms with Gasteiger partial charge in [-0.25, -0.2) is 13.2 Å². The Bertz CT molecular complexity index is 1500. The molecule has 10 heteroatoms. The molecule has 9 nitrogen and oxygen atoms in total. The van der Waals surface area contributed by atoms with E-state index in [1.54, 1.807) is 37.3 Å². The lowest BCUT2D eigenvalue weighted by Crippen LogP contribution is -2.22. The fraction of sp³-hybridized carbons (Fsp3) is 0.250. The minimum absolute atomic E-state index is 0.249. The third-order valence-electron chi connectivity index (χ3n) is 5.86. The van der Waals surface area contributed by atoms with E-state index < -0.39 is 21.9 Å². The minimum Gasteiger partial charge on any atom is -0.462 e. The molecule has 2 N–H and O–H groups in total. The molecule has 0 fully saturated rings. The van der Waals surface area contributed by atoms with Crippen molar-refractivity contribution in [1.29, 1.82) is 0 Å². The van der Waals surface area contributed by atoms with Gasteiger partial charge in [0.25, 0.3) is 0 Å². The number of carbonyl (C=O) groups is 2. The second-order valence-electron chi connectivity index (χ2n) is 9.26. The summed E-state index contributed by atoms with van der Waals surface area (Å²) in [7, 11) is 0.261. The molecule has 0 saturated carbocycles. The van der Waals surface area contributed by atoms with Crippen molar-refractivity contribution in [2.24, 2.45) is 4.99 Å². The molecule has 0 spiro atoms. The van der Waals surface area contributed by atoms with Crippen molar-refractivity contribution in [1.82, 2.24) is 4.90 Å². The predicted octanol–water partition coefficient (Wildman–Crippen LogP) is 4.15. The number of hydrogen-bond acceptors (Lipinski definition) is 7. The van der Waals surface area contributed by atoms with Crippen molar-refractivity contribution >= 4 is 44.7 Å². The van der Waals surface area contributed by atoms with Gasteiger partial charge in [0.1, 0.15) is 5.92 Å². The topological polar surface area (TPSA) is 117 Å². The van der Waals surface area contributed by atoms with E-state index in [4.69, 9.17) is 9.73 Å². The molecule has 0 aromatic heterocycles. The average Bonchev–Trinajstić information content (AvgIpc) is 3.18. The molecule has 198 valence electrons. The standard InChI is InChI=1S/C28H30N4O5S/c1-5-37-28(34)19-12-14-22-24(15-19)30-27(33)25(22)26(18-9-7-6-8-10-18)29-21-13-11-20(17-32(2)3)23(16-21)31-38(4,35)36/h6-16,25,31H,5,17H2,1-4H3,(H,30,33). The van der Waals surface area contributed by atoms with Gasteiger partial charge in [-0.05, 0) is 62.0 Å². The Morgan fingerprint density at radius 1 is 1.05 bits per heavy atom. The summed E-state index contributed by atoms with van der Waals surface area (Å²) in [6.45, 7) is 2.50. The molecule has 0 aliphatic carbocycles. The van der Waals surface area contributed by atoms with Crippen LogP contribution in [0, 0.1) is 0 Å². The first-order valence-corrected chi connectivity index (χ1v) is 14.0. The normalized spacial score (nSPS) is 15.2. The number of amides is 1. The summed E-state index contributed by atoms with van der Waals surface area (Å²) in [5.41, 5.74) is 4.49. The fourth-order valence-corrected chi connectivity index (χ4v) is 4.92. The Kier molecular flexibility index (Phi) is 7.94. The second kappa shape index (κ2) is 11.2. The highest BCUT2D eigenvalue weighted by atomic mass is 32.2. The van der Waals surface area contributed by atoms with Gasteiger partial charge < -0.3 is 15.0 Å². The second-order valence-corrected chi connectivity index (χ2v) is 11.0. The lowest BCUT2D eigenvalue weighted by Gasteiger charge is -2.17. The van der Waals surface area contributed by atoms with Crippen molar-refractivity contribution in [2.75, 3.05) is 37.0 Å². The van der Waals surface area contributed by atoms with E-state index in [9.17, 15) is 18.0 Å². The SMILES string of the molecule is CCOC(=O)c1ccc2c(c1)NC(=O)C2C(=Nc1ccc(CN(C)C)c(NS(C)(=O)=O)c1)c1ccccc1. The van der Waals surface area contributed by atoms with Crippen LogP contribution in [0.25, 0.3) is 0 Å². The number of rotatable bonds is 9. The van der Waals surface area contributed by atoms with E-state index in [0.29, 0.717) is 40.4 Å². The third kappa shape index (κ3) is 6.27. The van der Waals surface area contributed by atoms with Crippen LogP contribution in [-0.2, 0) is 26.1 Å². The minimum atomic E-state index is -3.53. The summed E-state index contributed by atoms with van der Waals surface area (Å²) in [5.74, 6) is -1.48. The Morgan fingerprint density at radius 3 is 2.45 bits per heavy atom. The fourth-order valence-electron chi connectivity index (χ4n) is 4.33. The third-order valence-corrected chi connectivity index (χ3v) is 6.45. The average molecular weight is 535 g/mol. The molecule has 1 atom stereocenters. The Morgan fingerprint density at radius 2 is 1.79 bits per heavy atom. The smallest absolute Gasteiger partial charge is 0.338 e. The van der Waals surface area contributed by atoms with E-state index >= 15 is 0 Å². The summed E-state index contributed by atoms with van der Waals surface area (Å²) in [6, 6.07) is 19.6. The zero-order chi connectivity index (χ0) is 27.4. The molecule has 4 rings (SSSR count). The number of anilines is 2. The molecule has 1 aliphatic heterocycles. The number of aliphatic imine (C=N–C) groups is 1. The maximum Gasteiger partial charge on any atom is 0.338 e. The number of benzene rings is 3. The lowest BCUT2D eigenvalue weighted by molar-refractivity contribution is -0.115. The summed E-state index contributed by atoms with van der Waals surface area (Å²) < 4.78 is 31.8. The molecule has 1 heterocycles. The summed E-state index contributed by atoms with van der Waals surface area (Å²) in [6.07, 6.45) is 1.10. The van der Waals surface area contributed by atoms with Crippen LogP contribution in [0.15, 0.2) is 71.7 Å². The molecule has 1 aliphatic rings. The first-order chi connectivity index (χ1) is 18.1. The van der Waals surface area contributed by atoms with Crippen LogP contribution in [0.5, 0.6) is 0 Å². The molecular formula is C28H30N4O5S. The van der Waals surface area contributed by atoms with Crippen LogP contribution in [0.1, 0.15) is 39.9 Å². The number of carbonyl (C=O) groups excluding carboxylic acids is 2. The van der Waals surface area contributed by atoms with Crippen LogP contribution in [0.2, 0.25) is 0 Å². The molecule has 1 unspecified atom stereocenters. The van der Waals surface area contributed by atoms with Crippen LogP contribution < -0.4 is 10.0 Å². The number of sulfonamides is 1. The first-order valence-electron chi connectivity index (χ1n) is 12.1. The van der Waals surface area contributed by atoms with Gasteiger partial charge in [-0.1, -0.05) is 42.5 Å². The van der Waals surface area contributed by atoms with Crippen LogP contribution in [0.4, 0.5) is 17.1 Å². The quantitative estimate of drug-likeness (QED) is 0.315. The Hall–Kier alpha value is -4.02. The lowest BCUT2D eigenvalue weighted by atomic mass is 9.90. The largest absolute Gasteiger partial charge is 0.462 e. The number of nitrogens with zero attached hydrogens (tertiary/aromatic N) is 2. The van der Waals surface area contributed by atoms with Gasteiger partial charge in [0.2, 0.25) is 15.9 Å². The number of esters is 1. The molecule has 3 aromatic rings. The first kappa shape index (κ1) is 27.0. The van der Waals surface area contributed by atoms with E-state index in [0.717, 1.165) is 17.4 Å². The summed E-state index contributed by atoms with van der Waals surface area (Å²) >= 11 is 0. The summed E-state index contributed by atoms with van der Waals surface area (Å²) in [5, 5.41) is 2.87. The summed E-state index contributed by atoms with van der Waals surface area (Å²) in [4.78, 5) is 32.3. The highest BCUT2D eigenvalue weighted by Crippen LogP contribution is 2.37. The highest BCUT2D eigenvalue weighted by Gasteiger charge is 2.36. The van der Waals surface area contributed by atoms with Gasteiger partial charge in [-0.2, -0.15) is 0 Å². The van der Waals surface area contributed by atoms with E-state index in [2.05, 4.69) is 10.0 Å². The molecule has 0 bridgehead atoms. The number of fused-ring (bicyclic) bond motifs is 1. The number of hydrogen-bond donors (Lipinski definition) is 2. The molecule has 1 amide bonds. The van der Waals surface area contributed by atoms with Crippen molar-refractivity contribution in [2.45, 2.75) is 19.4 Å². The maximum atomic E-state index is 13.3. The predicted molar refractivity (Wildman–Crippen MR) is 149 cm³/mol. The number of ether oxygens (including phenoxy) is 1. The molecule has 0 saturated heterocycles. The van der Waals surface area contributed by atoms with Crippen LogP contribution in [-0.4, -0.2) is 57.9 Å². The Labute approximate surface area is 222 Å².